The Morgan fingerprint density at radius 1 is 1.40 bits per heavy atom. The number of carbonyl (C=O) groups is 1. The molecule has 2 aromatic heterocycles. The van der Waals surface area contributed by atoms with Crippen molar-refractivity contribution in [2.45, 2.75) is 0 Å². The Kier molecular flexibility index (Phi) is 2.24. The fraction of sp³-hybridized carbons (Fsp3) is 0.111. The van der Waals surface area contributed by atoms with E-state index in [9.17, 15) is 9.18 Å². The first-order valence-electron chi connectivity index (χ1n) is 4.17. The van der Waals surface area contributed by atoms with Gasteiger partial charge in [-0.05, 0) is 0 Å². The summed E-state index contributed by atoms with van der Waals surface area (Å²) >= 11 is 0. The van der Waals surface area contributed by atoms with Crippen LogP contribution in [-0.2, 0) is 7.05 Å². The van der Waals surface area contributed by atoms with Crippen LogP contribution in [0.4, 0.5) is 4.39 Å². The number of aryl methyl sites for hydroxylation is 1. The van der Waals surface area contributed by atoms with Crippen LogP contribution in [0.25, 0.3) is 11.4 Å². The van der Waals surface area contributed by atoms with Gasteiger partial charge in [-0.2, -0.15) is 5.10 Å². The van der Waals surface area contributed by atoms with Crippen LogP contribution in [0, 0.1) is 5.82 Å². The van der Waals surface area contributed by atoms with Gasteiger partial charge >= 0.3 is 0 Å². The van der Waals surface area contributed by atoms with Gasteiger partial charge in [-0.25, -0.2) is 14.4 Å². The Labute approximate surface area is 84.6 Å². The number of nitrogens with zero attached hydrogens (tertiary/aromatic N) is 4. The summed E-state index contributed by atoms with van der Waals surface area (Å²) in [5, 5.41) is 3.90. The minimum atomic E-state index is -0.518. The molecule has 0 saturated carbocycles. The molecule has 0 aliphatic carbocycles. The molecule has 0 bridgehead atoms. The molecule has 0 radical (unpaired) electrons. The first-order valence-corrected chi connectivity index (χ1v) is 4.17. The molecular formula is C9H7FN4O. The van der Waals surface area contributed by atoms with Crippen LogP contribution < -0.4 is 0 Å². The van der Waals surface area contributed by atoms with E-state index in [1.54, 1.807) is 13.2 Å². The van der Waals surface area contributed by atoms with Crippen molar-refractivity contribution in [1.29, 1.82) is 0 Å². The SMILES string of the molecule is Cn1cc(-c2ncc(F)cn2)c(C=O)n1. The van der Waals surface area contributed by atoms with Gasteiger partial charge in [0.15, 0.2) is 17.9 Å². The Hall–Kier alpha value is -2.11. The highest BCUT2D eigenvalue weighted by Crippen LogP contribution is 2.16. The van der Waals surface area contributed by atoms with Gasteiger partial charge < -0.3 is 0 Å². The number of hydrogen-bond acceptors (Lipinski definition) is 4. The van der Waals surface area contributed by atoms with E-state index < -0.39 is 5.82 Å². The van der Waals surface area contributed by atoms with Crippen molar-refractivity contribution in [1.82, 2.24) is 19.7 Å². The van der Waals surface area contributed by atoms with Crippen LogP contribution in [0.1, 0.15) is 10.5 Å². The number of aldehydes is 1. The molecule has 0 amide bonds. The first-order chi connectivity index (χ1) is 7.20. The fourth-order valence-electron chi connectivity index (χ4n) is 1.22. The molecule has 2 heterocycles. The van der Waals surface area contributed by atoms with E-state index in [-0.39, 0.29) is 11.5 Å². The molecule has 0 aliphatic rings. The highest BCUT2D eigenvalue weighted by Gasteiger charge is 2.11. The molecule has 0 aliphatic heterocycles. The zero-order chi connectivity index (χ0) is 10.8. The maximum absolute atomic E-state index is 12.6. The number of carbonyl (C=O) groups excluding carboxylic acids is 1. The van der Waals surface area contributed by atoms with Gasteiger partial charge in [0.2, 0.25) is 0 Å². The lowest BCUT2D eigenvalue weighted by atomic mass is 10.2. The molecule has 2 rings (SSSR count). The quantitative estimate of drug-likeness (QED) is 0.683. The van der Waals surface area contributed by atoms with E-state index >= 15 is 0 Å². The lowest BCUT2D eigenvalue weighted by Gasteiger charge is -1.94. The number of halogens is 1. The maximum atomic E-state index is 12.6. The molecule has 0 fully saturated rings. The predicted molar refractivity (Wildman–Crippen MR) is 49.6 cm³/mol. The lowest BCUT2D eigenvalue weighted by Crippen LogP contribution is -1.92. The van der Waals surface area contributed by atoms with Crippen molar-refractivity contribution in [3.63, 3.8) is 0 Å². The second kappa shape index (κ2) is 3.56. The van der Waals surface area contributed by atoms with Crippen LogP contribution in [0.2, 0.25) is 0 Å². The monoisotopic (exact) mass is 206 g/mol. The van der Waals surface area contributed by atoms with E-state index in [4.69, 9.17) is 0 Å². The Morgan fingerprint density at radius 3 is 2.67 bits per heavy atom. The zero-order valence-corrected chi connectivity index (χ0v) is 7.88. The molecule has 0 unspecified atom stereocenters. The van der Waals surface area contributed by atoms with Crippen molar-refractivity contribution in [3.05, 3.63) is 30.1 Å². The van der Waals surface area contributed by atoms with E-state index in [0.29, 0.717) is 11.8 Å². The van der Waals surface area contributed by atoms with E-state index in [1.807, 2.05) is 0 Å². The van der Waals surface area contributed by atoms with Crippen LogP contribution >= 0.6 is 0 Å². The smallest absolute Gasteiger partial charge is 0.171 e. The average Bonchev–Trinajstić information content (AvgIpc) is 2.61. The predicted octanol–water partition coefficient (Wildman–Crippen LogP) is 0.829. The number of hydrogen-bond donors (Lipinski definition) is 0. The molecule has 0 atom stereocenters. The van der Waals surface area contributed by atoms with Gasteiger partial charge in [0.1, 0.15) is 5.69 Å². The van der Waals surface area contributed by atoms with E-state index in [1.165, 1.54) is 4.68 Å². The molecule has 0 N–H and O–H groups in total. The standard InChI is InChI=1S/C9H7FN4O/c1-14-4-7(8(5-15)13-14)9-11-2-6(10)3-12-9/h2-5H,1H3. The summed E-state index contributed by atoms with van der Waals surface area (Å²) in [6.45, 7) is 0. The summed E-state index contributed by atoms with van der Waals surface area (Å²) in [6, 6.07) is 0. The molecular weight excluding hydrogens is 199 g/mol. The number of rotatable bonds is 2. The van der Waals surface area contributed by atoms with Crippen molar-refractivity contribution >= 4 is 6.29 Å². The van der Waals surface area contributed by atoms with Gasteiger partial charge in [0, 0.05) is 13.2 Å². The Bertz CT molecular complexity index is 491. The summed E-state index contributed by atoms with van der Waals surface area (Å²) < 4.78 is 14.1. The van der Waals surface area contributed by atoms with Crippen LogP contribution in [0.3, 0.4) is 0 Å². The van der Waals surface area contributed by atoms with E-state index in [0.717, 1.165) is 12.4 Å². The highest BCUT2D eigenvalue weighted by atomic mass is 19.1. The molecule has 0 spiro atoms. The Morgan fingerprint density at radius 2 is 2.07 bits per heavy atom. The minimum Gasteiger partial charge on any atom is -0.296 e. The van der Waals surface area contributed by atoms with Crippen molar-refractivity contribution in [3.8, 4) is 11.4 Å². The molecule has 2 aromatic rings. The average molecular weight is 206 g/mol. The minimum absolute atomic E-state index is 0.240. The van der Waals surface area contributed by atoms with Gasteiger partial charge in [0.05, 0.1) is 18.0 Å². The third kappa shape index (κ3) is 1.74. The van der Waals surface area contributed by atoms with Crippen LogP contribution in [0.15, 0.2) is 18.6 Å². The molecule has 6 heteroatoms. The maximum Gasteiger partial charge on any atom is 0.171 e. The second-order valence-electron chi connectivity index (χ2n) is 2.94. The van der Waals surface area contributed by atoms with Crippen LogP contribution in [0.5, 0.6) is 0 Å². The molecule has 0 saturated heterocycles. The topological polar surface area (TPSA) is 60.7 Å². The fourth-order valence-corrected chi connectivity index (χ4v) is 1.22. The number of aromatic nitrogens is 4. The van der Waals surface area contributed by atoms with Crippen molar-refractivity contribution < 1.29 is 9.18 Å². The summed E-state index contributed by atoms with van der Waals surface area (Å²) in [5.74, 6) is -0.234. The Balaban J connectivity index is 2.52. The van der Waals surface area contributed by atoms with Gasteiger partial charge in [-0.3, -0.25) is 9.48 Å². The molecule has 15 heavy (non-hydrogen) atoms. The summed E-state index contributed by atoms with van der Waals surface area (Å²) in [4.78, 5) is 18.2. The zero-order valence-electron chi connectivity index (χ0n) is 7.88. The van der Waals surface area contributed by atoms with Crippen LogP contribution in [-0.4, -0.2) is 26.0 Å². The normalized spacial score (nSPS) is 10.3. The van der Waals surface area contributed by atoms with Crippen molar-refractivity contribution in [2.75, 3.05) is 0 Å². The van der Waals surface area contributed by atoms with Gasteiger partial charge in [-0.1, -0.05) is 0 Å². The third-order valence-electron chi connectivity index (χ3n) is 1.83. The molecule has 76 valence electrons. The lowest BCUT2D eigenvalue weighted by molar-refractivity contribution is 0.111. The summed E-state index contributed by atoms with van der Waals surface area (Å²) in [7, 11) is 1.68. The molecule has 5 nitrogen and oxygen atoms in total. The molecule has 0 aromatic carbocycles. The van der Waals surface area contributed by atoms with Gasteiger partial charge in [-0.15, -0.1) is 0 Å². The first kappa shape index (κ1) is 9.45. The third-order valence-corrected chi connectivity index (χ3v) is 1.83. The van der Waals surface area contributed by atoms with Crippen molar-refractivity contribution in [2.24, 2.45) is 7.05 Å². The van der Waals surface area contributed by atoms with Gasteiger partial charge in [0.25, 0.3) is 0 Å². The largest absolute Gasteiger partial charge is 0.296 e. The summed E-state index contributed by atoms with van der Waals surface area (Å²) in [5.41, 5.74) is 0.733. The van der Waals surface area contributed by atoms with E-state index in [2.05, 4.69) is 15.1 Å². The summed E-state index contributed by atoms with van der Waals surface area (Å²) in [6.07, 6.45) is 4.31. The second-order valence-corrected chi connectivity index (χ2v) is 2.94. The highest BCUT2D eigenvalue weighted by molar-refractivity contribution is 5.82.